The lowest BCUT2D eigenvalue weighted by Gasteiger charge is -2.21. The number of likely N-dealkylation sites (tertiary alicyclic amines) is 1. The number of carboxylic acids is 1. The van der Waals surface area contributed by atoms with Gasteiger partial charge in [-0.3, -0.25) is 0 Å². The number of rotatable bonds is 4. The van der Waals surface area contributed by atoms with Crippen molar-refractivity contribution in [1.82, 2.24) is 10.2 Å². The standard InChI is InChI=1S/C11H21N3O3/c1-7(2)5-9(10(15)16)13-11(17)14-4-3-8(12)6-14/h7-9H,3-6,12H2,1-2H3,(H,13,17)(H,15,16)/t8?,9-/m0/s1. The molecule has 6 heteroatoms. The molecule has 1 fully saturated rings. The van der Waals surface area contributed by atoms with Gasteiger partial charge in [-0.15, -0.1) is 0 Å². The molecule has 2 atom stereocenters. The summed E-state index contributed by atoms with van der Waals surface area (Å²) < 4.78 is 0. The molecule has 2 amide bonds. The maximum absolute atomic E-state index is 11.8. The largest absolute Gasteiger partial charge is 0.480 e. The summed E-state index contributed by atoms with van der Waals surface area (Å²) in [6.07, 6.45) is 1.20. The number of nitrogens with one attached hydrogen (secondary N) is 1. The van der Waals surface area contributed by atoms with Gasteiger partial charge in [0.2, 0.25) is 0 Å². The molecular formula is C11H21N3O3. The molecule has 98 valence electrons. The highest BCUT2D eigenvalue weighted by Gasteiger charge is 2.27. The van der Waals surface area contributed by atoms with Crippen LogP contribution in [-0.4, -0.2) is 47.2 Å². The lowest BCUT2D eigenvalue weighted by Crippen LogP contribution is -2.48. The Morgan fingerprint density at radius 1 is 1.53 bits per heavy atom. The van der Waals surface area contributed by atoms with Crippen molar-refractivity contribution in [1.29, 1.82) is 0 Å². The second kappa shape index (κ2) is 5.86. The van der Waals surface area contributed by atoms with Crippen LogP contribution in [-0.2, 0) is 4.79 Å². The first-order valence-electron chi connectivity index (χ1n) is 5.94. The summed E-state index contributed by atoms with van der Waals surface area (Å²) in [5.74, 6) is -0.771. The van der Waals surface area contributed by atoms with Crippen LogP contribution >= 0.6 is 0 Å². The van der Waals surface area contributed by atoms with Gasteiger partial charge in [0, 0.05) is 19.1 Å². The molecule has 1 rings (SSSR count). The second-order valence-corrected chi connectivity index (χ2v) is 4.96. The average molecular weight is 243 g/mol. The third-order valence-corrected chi connectivity index (χ3v) is 2.81. The van der Waals surface area contributed by atoms with E-state index in [9.17, 15) is 9.59 Å². The SMILES string of the molecule is CC(C)C[C@H](NC(=O)N1CCC(N)C1)C(=O)O. The highest BCUT2D eigenvalue weighted by atomic mass is 16.4. The van der Waals surface area contributed by atoms with E-state index in [0.29, 0.717) is 19.5 Å². The van der Waals surface area contributed by atoms with E-state index in [4.69, 9.17) is 10.8 Å². The molecule has 17 heavy (non-hydrogen) atoms. The fourth-order valence-electron chi connectivity index (χ4n) is 1.90. The number of nitrogens with two attached hydrogens (primary N) is 1. The average Bonchev–Trinajstić information content (AvgIpc) is 2.63. The van der Waals surface area contributed by atoms with Crippen molar-refractivity contribution in [3.05, 3.63) is 0 Å². The first-order chi connectivity index (χ1) is 7.90. The third-order valence-electron chi connectivity index (χ3n) is 2.81. The highest BCUT2D eigenvalue weighted by Crippen LogP contribution is 2.09. The molecule has 0 aromatic heterocycles. The molecule has 0 bridgehead atoms. The number of hydrogen-bond acceptors (Lipinski definition) is 3. The van der Waals surface area contributed by atoms with E-state index in [0.717, 1.165) is 6.42 Å². The predicted octanol–water partition coefficient (Wildman–Crippen LogP) is 0.228. The second-order valence-electron chi connectivity index (χ2n) is 4.96. The van der Waals surface area contributed by atoms with Crippen molar-refractivity contribution in [2.24, 2.45) is 11.7 Å². The van der Waals surface area contributed by atoms with Crippen molar-refractivity contribution in [2.45, 2.75) is 38.8 Å². The number of urea groups is 1. The summed E-state index contributed by atoms with van der Waals surface area (Å²) in [5, 5.41) is 11.6. The first-order valence-corrected chi connectivity index (χ1v) is 5.94. The monoisotopic (exact) mass is 243 g/mol. The predicted molar refractivity (Wildman–Crippen MR) is 63.6 cm³/mol. The van der Waals surface area contributed by atoms with Crippen LogP contribution in [0.1, 0.15) is 26.7 Å². The van der Waals surface area contributed by atoms with E-state index < -0.39 is 12.0 Å². The maximum atomic E-state index is 11.8. The minimum absolute atomic E-state index is 0.00845. The number of nitrogens with zero attached hydrogens (tertiary/aromatic N) is 1. The summed E-state index contributed by atoms with van der Waals surface area (Å²) in [6.45, 7) is 4.95. The lowest BCUT2D eigenvalue weighted by molar-refractivity contribution is -0.139. The van der Waals surface area contributed by atoms with Crippen molar-refractivity contribution < 1.29 is 14.7 Å². The summed E-state index contributed by atoms with van der Waals surface area (Å²) in [4.78, 5) is 24.3. The minimum atomic E-state index is -0.990. The van der Waals surface area contributed by atoms with Gasteiger partial charge in [-0.05, 0) is 18.8 Å². The summed E-state index contributed by atoms with van der Waals surface area (Å²) in [6, 6.07) is -1.14. The van der Waals surface area contributed by atoms with E-state index in [1.165, 1.54) is 0 Å². The molecule has 1 heterocycles. The van der Waals surface area contributed by atoms with Crippen LogP contribution in [0.25, 0.3) is 0 Å². The molecule has 1 saturated heterocycles. The normalized spacial score (nSPS) is 21.6. The van der Waals surface area contributed by atoms with E-state index in [1.54, 1.807) is 4.90 Å². The van der Waals surface area contributed by atoms with Gasteiger partial charge in [-0.25, -0.2) is 9.59 Å². The van der Waals surface area contributed by atoms with Crippen LogP contribution < -0.4 is 11.1 Å². The van der Waals surface area contributed by atoms with E-state index >= 15 is 0 Å². The molecule has 0 spiro atoms. The number of hydrogen-bond donors (Lipinski definition) is 3. The molecule has 1 aliphatic heterocycles. The van der Waals surface area contributed by atoms with Crippen LogP contribution in [0.5, 0.6) is 0 Å². The van der Waals surface area contributed by atoms with Crippen molar-refractivity contribution in [3.8, 4) is 0 Å². The van der Waals surface area contributed by atoms with Gasteiger partial charge in [0.05, 0.1) is 0 Å². The third kappa shape index (κ3) is 4.22. The zero-order valence-corrected chi connectivity index (χ0v) is 10.3. The lowest BCUT2D eigenvalue weighted by atomic mass is 10.0. The number of carbonyl (C=O) groups excluding carboxylic acids is 1. The van der Waals surface area contributed by atoms with Crippen molar-refractivity contribution >= 4 is 12.0 Å². The zero-order valence-electron chi connectivity index (χ0n) is 10.3. The topological polar surface area (TPSA) is 95.7 Å². The number of amides is 2. The Morgan fingerprint density at radius 3 is 2.59 bits per heavy atom. The van der Waals surface area contributed by atoms with Crippen LogP contribution in [0, 0.1) is 5.92 Å². The summed E-state index contributed by atoms with van der Waals surface area (Å²) >= 11 is 0. The number of carbonyl (C=O) groups is 2. The molecule has 6 nitrogen and oxygen atoms in total. The molecule has 1 unspecified atom stereocenters. The maximum Gasteiger partial charge on any atom is 0.326 e. The molecule has 0 radical (unpaired) electrons. The van der Waals surface area contributed by atoms with Crippen molar-refractivity contribution in [3.63, 3.8) is 0 Å². The molecule has 4 N–H and O–H groups in total. The Balaban J connectivity index is 2.49. The molecule has 0 aromatic rings. The smallest absolute Gasteiger partial charge is 0.326 e. The minimum Gasteiger partial charge on any atom is -0.480 e. The molecule has 0 aromatic carbocycles. The van der Waals surface area contributed by atoms with E-state index in [2.05, 4.69) is 5.32 Å². The first kappa shape index (κ1) is 13.8. The zero-order chi connectivity index (χ0) is 13.0. The quantitative estimate of drug-likeness (QED) is 0.658. The van der Waals surface area contributed by atoms with Crippen LogP contribution in [0.4, 0.5) is 4.79 Å². The summed E-state index contributed by atoms with van der Waals surface area (Å²) in [5.41, 5.74) is 5.70. The van der Waals surface area contributed by atoms with Gasteiger partial charge < -0.3 is 21.1 Å². The van der Waals surface area contributed by atoms with E-state index in [1.807, 2.05) is 13.8 Å². The van der Waals surface area contributed by atoms with Crippen LogP contribution in [0.15, 0.2) is 0 Å². The number of carboxylic acid groups (broad SMARTS) is 1. The Hall–Kier alpha value is -1.30. The van der Waals surface area contributed by atoms with Gasteiger partial charge in [0.15, 0.2) is 0 Å². The fraction of sp³-hybridized carbons (Fsp3) is 0.818. The van der Waals surface area contributed by atoms with Gasteiger partial charge in [-0.1, -0.05) is 13.8 Å². The Labute approximate surface area is 101 Å². The molecule has 1 aliphatic rings. The molecule has 0 aliphatic carbocycles. The van der Waals surface area contributed by atoms with E-state index in [-0.39, 0.29) is 18.0 Å². The van der Waals surface area contributed by atoms with Gasteiger partial charge in [0.25, 0.3) is 0 Å². The van der Waals surface area contributed by atoms with Crippen molar-refractivity contribution in [2.75, 3.05) is 13.1 Å². The number of aliphatic carboxylic acids is 1. The highest BCUT2D eigenvalue weighted by molar-refractivity contribution is 5.82. The Kier molecular flexibility index (Phi) is 4.74. The Morgan fingerprint density at radius 2 is 2.18 bits per heavy atom. The van der Waals surface area contributed by atoms with Crippen LogP contribution in [0.2, 0.25) is 0 Å². The van der Waals surface area contributed by atoms with Gasteiger partial charge in [-0.2, -0.15) is 0 Å². The van der Waals surface area contributed by atoms with Gasteiger partial charge >= 0.3 is 12.0 Å². The molecule has 0 saturated carbocycles. The summed E-state index contributed by atoms with van der Waals surface area (Å²) in [7, 11) is 0. The van der Waals surface area contributed by atoms with Crippen LogP contribution in [0.3, 0.4) is 0 Å². The Bertz CT molecular complexity index is 294. The van der Waals surface area contributed by atoms with Gasteiger partial charge in [0.1, 0.15) is 6.04 Å². The fourth-order valence-corrected chi connectivity index (χ4v) is 1.90. The molecular weight excluding hydrogens is 222 g/mol.